The molecule has 2 rings (SSSR count). The predicted molar refractivity (Wildman–Crippen MR) is 87.3 cm³/mol. The number of aliphatic hydroxyl groups excluding tert-OH is 1. The minimum atomic E-state index is -3.82. The van der Waals surface area contributed by atoms with E-state index < -0.39 is 10.0 Å². The first-order valence-electron chi connectivity index (χ1n) is 6.55. The van der Waals surface area contributed by atoms with E-state index in [0.29, 0.717) is 4.47 Å². The largest absolute Gasteiger partial charge is 0.396 e. The van der Waals surface area contributed by atoms with Gasteiger partial charge in [-0.2, -0.15) is 0 Å². The molecule has 8 heteroatoms. The molecule has 1 aromatic rings. The zero-order valence-corrected chi connectivity index (χ0v) is 15.1. The van der Waals surface area contributed by atoms with Crippen LogP contribution in [0, 0.1) is 5.41 Å². The summed E-state index contributed by atoms with van der Waals surface area (Å²) in [6.45, 7) is 0.159. The predicted octanol–water partition coefficient (Wildman–Crippen LogP) is 3.59. The number of nitrogens with one attached hydrogen (secondary N) is 1. The van der Waals surface area contributed by atoms with Crippen LogP contribution in [0.5, 0.6) is 0 Å². The van der Waals surface area contributed by atoms with Gasteiger partial charge in [0.15, 0.2) is 0 Å². The third-order valence-electron chi connectivity index (χ3n) is 3.87. The minimum Gasteiger partial charge on any atom is -0.396 e. The highest BCUT2D eigenvalue weighted by Gasteiger charge is 2.35. The van der Waals surface area contributed by atoms with Gasteiger partial charge in [0.05, 0.1) is 10.0 Å². The maximum absolute atomic E-state index is 12.4. The maximum Gasteiger partial charge on any atom is 0.243 e. The second-order valence-corrected chi connectivity index (χ2v) is 8.82. The molecular formula is C13H16BrCl2NO3S. The number of benzene rings is 1. The van der Waals surface area contributed by atoms with Crippen LogP contribution in [0.3, 0.4) is 0 Å². The molecule has 0 bridgehead atoms. The number of sulfonamides is 1. The lowest BCUT2D eigenvalue weighted by molar-refractivity contribution is 0.134. The number of aliphatic hydroxyl groups is 1. The zero-order valence-electron chi connectivity index (χ0n) is 11.2. The first-order chi connectivity index (χ1) is 9.80. The van der Waals surface area contributed by atoms with E-state index in [4.69, 9.17) is 23.2 Å². The highest BCUT2D eigenvalue weighted by Crippen LogP contribution is 2.38. The van der Waals surface area contributed by atoms with E-state index in [1.807, 2.05) is 0 Å². The summed E-state index contributed by atoms with van der Waals surface area (Å²) >= 11 is 15.2. The average Bonchev–Trinajstić information content (AvgIpc) is 2.84. The third-order valence-corrected chi connectivity index (χ3v) is 6.65. The summed E-state index contributed by atoms with van der Waals surface area (Å²) in [6, 6.07) is 2.97. The Balaban J connectivity index is 2.23. The summed E-state index contributed by atoms with van der Waals surface area (Å²) in [7, 11) is -3.82. The van der Waals surface area contributed by atoms with Crippen LogP contribution in [0.4, 0.5) is 0 Å². The summed E-state index contributed by atoms with van der Waals surface area (Å²) in [5.74, 6) is 0. The van der Waals surface area contributed by atoms with E-state index in [0.717, 1.165) is 25.7 Å². The molecule has 2 N–H and O–H groups in total. The number of rotatable bonds is 5. The summed E-state index contributed by atoms with van der Waals surface area (Å²) in [4.78, 5) is -0.125. The molecule has 1 fully saturated rings. The van der Waals surface area contributed by atoms with Crippen molar-refractivity contribution in [3.05, 3.63) is 26.7 Å². The van der Waals surface area contributed by atoms with E-state index in [9.17, 15) is 13.5 Å². The molecular weight excluding hydrogens is 401 g/mol. The van der Waals surface area contributed by atoms with Gasteiger partial charge < -0.3 is 5.11 Å². The molecule has 0 aliphatic heterocycles. The van der Waals surface area contributed by atoms with Crippen molar-refractivity contribution in [3.63, 3.8) is 0 Å². The van der Waals surface area contributed by atoms with Gasteiger partial charge in [-0.1, -0.05) is 52.0 Å². The second kappa shape index (κ2) is 6.72. The van der Waals surface area contributed by atoms with Crippen LogP contribution in [0.1, 0.15) is 25.7 Å². The van der Waals surface area contributed by atoms with Crippen molar-refractivity contribution in [1.82, 2.24) is 4.72 Å². The zero-order chi connectivity index (χ0) is 15.7. The highest BCUT2D eigenvalue weighted by atomic mass is 79.9. The van der Waals surface area contributed by atoms with Crippen molar-refractivity contribution in [2.45, 2.75) is 30.6 Å². The SMILES string of the molecule is O=S(=O)(NCC1(CO)CCCC1)c1c(Cl)cc(Br)cc1Cl. The molecule has 21 heavy (non-hydrogen) atoms. The Labute approximate surface area is 143 Å². The summed E-state index contributed by atoms with van der Waals surface area (Å²) in [5.41, 5.74) is -0.374. The van der Waals surface area contributed by atoms with Crippen LogP contribution in [0.25, 0.3) is 0 Å². The molecule has 4 nitrogen and oxygen atoms in total. The number of halogens is 3. The normalized spacial score (nSPS) is 18.1. The Morgan fingerprint density at radius 1 is 1.24 bits per heavy atom. The Bertz CT molecular complexity index is 607. The van der Waals surface area contributed by atoms with Crippen molar-refractivity contribution in [2.75, 3.05) is 13.2 Å². The molecule has 0 atom stereocenters. The first kappa shape index (κ1) is 17.5. The van der Waals surface area contributed by atoms with Gasteiger partial charge >= 0.3 is 0 Å². The van der Waals surface area contributed by atoms with Crippen LogP contribution in [-0.2, 0) is 10.0 Å². The van der Waals surface area contributed by atoms with E-state index >= 15 is 0 Å². The van der Waals surface area contributed by atoms with E-state index in [1.165, 1.54) is 12.1 Å². The van der Waals surface area contributed by atoms with E-state index in [-0.39, 0.29) is 33.5 Å². The molecule has 0 unspecified atom stereocenters. The van der Waals surface area contributed by atoms with Crippen molar-refractivity contribution < 1.29 is 13.5 Å². The number of hydrogen-bond donors (Lipinski definition) is 2. The van der Waals surface area contributed by atoms with Gasteiger partial charge in [0.25, 0.3) is 0 Å². The van der Waals surface area contributed by atoms with Gasteiger partial charge in [0.1, 0.15) is 4.90 Å². The lowest BCUT2D eigenvalue weighted by atomic mass is 9.88. The molecule has 0 amide bonds. The van der Waals surface area contributed by atoms with Crippen LogP contribution in [-0.4, -0.2) is 26.7 Å². The lowest BCUT2D eigenvalue weighted by Gasteiger charge is -2.26. The molecule has 1 aliphatic rings. The van der Waals surface area contributed by atoms with Gasteiger partial charge in [-0.15, -0.1) is 0 Å². The van der Waals surface area contributed by atoms with Crippen molar-refractivity contribution >= 4 is 49.2 Å². The molecule has 0 saturated heterocycles. The molecule has 1 aromatic carbocycles. The third kappa shape index (κ3) is 3.92. The van der Waals surface area contributed by atoms with Gasteiger partial charge in [-0.25, -0.2) is 13.1 Å². The van der Waals surface area contributed by atoms with Gasteiger partial charge in [0.2, 0.25) is 10.0 Å². The molecule has 1 aliphatic carbocycles. The molecule has 0 spiro atoms. The molecule has 0 radical (unpaired) electrons. The average molecular weight is 417 g/mol. The van der Waals surface area contributed by atoms with Crippen LogP contribution in [0.2, 0.25) is 10.0 Å². The Morgan fingerprint density at radius 3 is 2.24 bits per heavy atom. The minimum absolute atomic E-state index is 0.0304. The monoisotopic (exact) mass is 415 g/mol. The quantitative estimate of drug-likeness (QED) is 0.770. The van der Waals surface area contributed by atoms with Crippen LogP contribution < -0.4 is 4.72 Å². The molecule has 0 heterocycles. The van der Waals surface area contributed by atoms with E-state index in [1.54, 1.807) is 0 Å². The van der Waals surface area contributed by atoms with E-state index in [2.05, 4.69) is 20.7 Å². The fraction of sp³-hybridized carbons (Fsp3) is 0.538. The Kier molecular flexibility index (Phi) is 5.60. The summed E-state index contributed by atoms with van der Waals surface area (Å²) < 4.78 is 28.0. The molecule has 1 saturated carbocycles. The van der Waals surface area contributed by atoms with Gasteiger partial charge in [0, 0.05) is 23.0 Å². The molecule has 118 valence electrons. The summed E-state index contributed by atoms with van der Waals surface area (Å²) in [5, 5.41) is 9.66. The fourth-order valence-corrected chi connectivity index (χ4v) is 5.71. The lowest BCUT2D eigenvalue weighted by Crippen LogP contribution is -2.38. The van der Waals surface area contributed by atoms with Crippen molar-refractivity contribution in [3.8, 4) is 0 Å². The van der Waals surface area contributed by atoms with Crippen molar-refractivity contribution in [1.29, 1.82) is 0 Å². The van der Waals surface area contributed by atoms with Gasteiger partial charge in [-0.05, 0) is 25.0 Å². The topological polar surface area (TPSA) is 66.4 Å². The standard InChI is InChI=1S/C13H16BrCl2NO3S/c14-9-5-10(15)12(11(16)6-9)21(19,20)17-7-13(8-18)3-1-2-4-13/h5-6,17-18H,1-4,7-8H2. The molecule has 0 aromatic heterocycles. The summed E-state index contributed by atoms with van der Waals surface area (Å²) in [6.07, 6.45) is 3.63. The second-order valence-electron chi connectivity index (χ2n) is 5.39. The van der Waals surface area contributed by atoms with Crippen molar-refractivity contribution in [2.24, 2.45) is 5.41 Å². The fourth-order valence-electron chi connectivity index (χ4n) is 2.62. The smallest absolute Gasteiger partial charge is 0.243 e. The first-order valence-corrected chi connectivity index (χ1v) is 9.58. The highest BCUT2D eigenvalue weighted by molar-refractivity contribution is 9.10. The maximum atomic E-state index is 12.4. The van der Waals surface area contributed by atoms with Crippen LogP contribution in [0.15, 0.2) is 21.5 Å². The van der Waals surface area contributed by atoms with Crippen LogP contribution >= 0.6 is 39.1 Å². The van der Waals surface area contributed by atoms with Gasteiger partial charge in [-0.3, -0.25) is 0 Å². The Hall–Kier alpha value is 0.150. The Morgan fingerprint density at radius 2 is 1.76 bits per heavy atom. The number of hydrogen-bond acceptors (Lipinski definition) is 3.